The summed E-state index contributed by atoms with van der Waals surface area (Å²) in [5.41, 5.74) is 3.50. The summed E-state index contributed by atoms with van der Waals surface area (Å²) in [5.74, 6) is 2.10. The summed E-state index contributed by atoms with van der Waals surface area (Å²) < 4.78 is 12.5. The van der Waals surface area contributed by atoms with Gasteiger partial charge < -0.3 is 19.5 Å². The van der Waals surface area contributed by atoms with Gasteiger partial charge in [0.15, 0.2) is 11.5 Å². The number of benzene rings is 2. The zero-order valence-corrected chi connectivity index (χ0v) is 18.5. The highest BCUT2D eigenvalue weighted by Gasteiger charge is 2.32. The van der Waals surface area contributed by atoms with Crippen LogP contribution in [0.15, 0.2) is 42.5 Å². The number of aromatic hydroxyl groups is 1. The lowest BCUT2D eigenvalue weighted by Gasteiger charge is -2.38. The normalized spacial score (nSPS) is 14.5. The molecule has 8 heteroatoms. The summed E-state index contributed by atoms with van der Waals surface area (Å²) in [6, 6.07) is 14.2. The van der Waals surface area contributed by atoms with E-state index in [9.17, 15) is 5.11 Å². The van der Waals surface area contributed by atoms with Crippen molar-refractivity contribution in [1.82, 2.24) is 14.6 Å². The van der Waals surface area contributed by atoms with Crippen LogP contribution in [0.25, 0.3) is 4.96 Å². The molecule has 1 N–H and O–H groups in total. The monoisotopic (exact) mass is 436 g/mol. The Kier molecular flexibility index (Phi) is 4.94. The average molecular weight is 437 g/mol. The Bertz CT molecular complexity index is 1250. The molecular formula is C23H24N4O3S. The SMILES string of the molecule is COc1ccc(C(c2sc3nc(C)nn3c2O)N2CCCc3ccccc32)cc1OC. The second-order valence-corrected chi connectivity index (χ2v) is 8.60. The van der Waals surface area contributed by atoms with Gasteiger partial charge >= 0.3 is 0 Å². The molecule has 3 heterocycles. The van der Waals surface area contributed by atoms with Crippen molar-refractivity contribution in [2.75, 3.05) is 25.7 Å². The Morgan fingerprint density at radius 1 is 1.10 bits per heavy atom. The highest BCUT2D eigenvalue weighted by molar-refractivity contribution is 7.17. The molecular weight excluding hydrogens is 412 g/mol. The third kappa shape index (κ3) is 3.27. The largest absolute Gasteiger partial charge is 0.493 e. The van der Waals surface area contributed by atoms with Gasteiger partial charge in [-0.25, -0.2) is 4.98 Å². The maximum absolute atomic E-state index is 11.1. The molecule has 0 bridgehead atoms. The standard InChI is InChI=1S/C23H24N4O3S/c1-14-24-23-27(25-14)22(28)21(31-23)20(16-10-11-18(29-2)19(13-16)30-3)26-12-6-8-15-7-4-5-9-17(15)26/h4-5,7,9-11,13,20,28H,6,8,12H2,1-3H3. The van der Waals surface area contributed by atoms with Crippen molar-refractivity contribution in [1.29, 1.82) is 0 Å². The van der Waals surface area contributed by atoms with Crippen molar-refractivity contribution in [2.24, 2.45) is 0 Å². The predicted molar refractivity (Wildman–Crippen MR) is 121 cm³/mol. The molecule has 0 spiro atoms. The van der Waals surface area contributed by atoms with Gasteiger partial charge in [-0.3, -0.25) is 0 Å². The van der Waals surface area contributed by atoms with Crippen LogP contribution in [-0.4, -0.2) is 40.5 Å². The number of anilines is 1. The van der Waals surface area contributed by atoms with Gasteiger partial charge in [-0.2, -0.15) is 4.52 Å². The average Bonchev–Trinajstić information content (AvgIpc) is 3.31. The minimum atomic E-state index is -0.213. The number of rotatable bonds is 5. The maximum atomic E-state index is 11.1. The van der Waals surface area contributed by atoms with Crippen LogP contribution in [0.2, 0.25) is 0 Å². The molecule has 0 saturated carbocycles. The fourth-order valence-electron chi connectivity index (χ4n) is 4.35. The molecule has 160 valence electrons. The van der Waals surface area contributed by atoms with E-state index < -0.39 is 0 Å². The van der Waals surface area contributed by atoms with Gasteiger partial charge in [-0.1, -0.05) is 35.6 Å². The lowest BCUT2D eigenvalue weighted by Crippen LogP contribution is -2.34. The van der Waals surface area contributed by atoms with E-state index in [1.165, 1.54) is 27.1 Å². The number of hydrogen-bond donors (Lipinski definition) is 1. The summed E-state index contributed by atoms with van der Waals surface area (Å²) in [4.78, 5) is 8.31. The van der Waals surface area contributed by atoms with Crippen molar-refractivity contribution in [3.63, 3.8) is 0 Å². The molecule has 1 aliphatic rings. The number of nitrogens with zero attached hydrogens (tertiary/aromatic N) is 4. The lowest BCUT2D eigenvalue weighted by molar-refractivity contribution is 0.354. The van der Waals surface area contributed by atoms with Crippen LogP contribution >= 0.6 is 11.3 Å². The number of fused-ring (bicyclic) bond motifs is 2. The Labute approximate surface area is 184 Å². The molecule has 5 rings (SSSR count). The minimum absolute atomic E-state index is 0.128. The molecule has 1 aliphatic heterocycles. The molecule has 0 aliphatic carbocycles. The molecule has 0 radical (unpaired) electrons. The fraction of sp³-hybridized carbons (Fsp3) is 0.304. The van der Waals surface area contributed by atoms with Crippen LogP contribution in [0.1, 0.15) is 34.3 Å². The summed E-state index contributed by atoms with van der Waals surface area (Å²) >= 11 is 1.47. The van der Waals surface area contributed by atoms with Crippen LogP contribution in [0.5, 0.6) is 17.4 Å². The first-order valence-electron chi connectivity index (χ1n) is 10.2. The fourth-order valence-corrected chi connectivity index (χ4v) is 5.49. The van der Waals surface area contributed by atoms with E-state index in [1.54, 1.807) is 14.2 Å². The van der Waals surface area contributed by atoms with Crippen molar-refractivity contribution in [2.45, 2.75) is 25.8 Å². The van der Waals surface area contributed by atoms with Gasteiger partial charge in [-0.15, -0.1) is 5.10 Å². The second-order valence-electron chi connectivity index (χ2n) is 7.59. The van der Waals surface area contributed by atoms with Gasteiger partial charge in [0.05, 0.1) is 25.1 Å². The van der Waals surface area contributed by atoms with Crippen LogP contribution < -0.4 is 14.4 Å². The molecule has 2 aromatic carbocycles. The number of hydrogen-bond acceptors (Lipinski definition) is 7. The van der Waals surface area contributed by atoms with Crippen molar-refractivity contribution in [3.05, 3.63) is 64.3 Å². The van der Waals surface area contributed by atoms with E-state index >= 15 is 0 Å². The van der Waals surface area contributed by atoms with E-state index in [-0.39, 0.29) is 11.9 Å². The Balaban J connectivity index is 1.71. The molecule has 0 fully saturated rings. The smallest absolute Gasteiger partial charge is 0.230 e. The number of aryl methyl sites for hydroxylation is 2. The van der Waals surface area contributed by atoms with E-state index in [1.807, 2.05) is 25.1 Å². The predicted octanol–water partition coefficient (Wildman–Crippen LogP) is 4.36. The quantitative estimate of drug-likeness (QED) is 0.501. The first-order valence-corrected chi connectivity index (χ1v) is 11.0. The molecule has 2 aromatic heterocycles. The van der Waals surface area contributed by atoms with Crippen molar-refractivity contribution < 1.29 is 14.6 Å². The summed E-state index contributed by atoms with van der Waals surface area (Å²) in [6.45, 7) is 2.70. The van der Waals surface area contributed by atoms with E-state index in [4.69, 9.17) is 9.47 Å². The molecule has 1 unspecified atom stereocenters. The van der Waals surface area contributed by atoms with Gasteiger partial charge in [0.25, 0.3) is 0 Å². The highest BCUT2D eigenvalue weighted by atomic mass is 32.1. The Morgan fingerprint density at radius 3 is 2.68 bits per heavy atom. The number of thiazole rings is 1. The van der Waals surface area contributed by atoms with E-state index in [2.05, 4.69) is 39.2 Å². The van der Waals surface area contributed by atoms with Gasteiger partial charge in [0.2, 0.25) is 10.8 Å². The number of ether oxygens (including phenoxy) is 2. The second kappa shape index (κ2) is 7.77. The van der Waals surface area contributed by atoms with Crippen LogP contribution in [0, 0.1) is 6.92 Å². The van der Waals surface area contributed by atoms with E-state index in [0.717, 1.165) is 29.8 Å². The van der Waals surface area contributed by atoms with Crippen LogP contribution in [-0.2, 0) is 6.42 Å². The topological polar surface area (TPSA) is 72.1 Å². The molecule has 0 amide bonds. The summed E-state index contributed by atoms with van der Waals surface area (Å²) in [5, 5.41) is 15.5. The lowest BCUT2D eigenvalue weighted by atomic mass is 9.96. The van der Waals surface area contributed by atoms with Gasteiger partial charge in [0, 0.05) is 12.2 Å². The number of aromatic nitrogens is 3. The van der Waals surface area contributed by atoms with Crippen molar-refractivity contribution >= 4 is 22.0 Å². The number of para-hydroxylation sites is 1. The third-order valence-electron chi connectivity index (χ3n) is 5.74. The highest BCUT2D eigenvalue weighted by Crippen LogP contribution is 2.45. The van der Waals surface area contributed by atoms with Gasteiger partial charge in [-0.05, 0) is 49.1 Å². The number of methoxy groups -OCH3 is 2. The molecule has 7 nitrogen and oxygen atoms in total. The molecule has 0 saturated heterocycles. The Hall–Kier alpha value is -3.26. The molecule has 1 atom stereocenters. The summed E-state index contributed by atoms with van der Waals surface area (Å²) in [6.07, 6.45) is 2.09. The van der Waals surface area contributed by atoms with Crippen molar-refractivity contribution in [3.8, 4) is 17.4 Å². The summed E-state index contributed by atoms with van der Waals surface area (Å²) in [7, 11) is 3.26. The maximum Gasteiger partial charge on any atom is 0.230 e. The first-order chi connectivity index (χ1) is 15.1. The first kappa shape index (κ1) is 19.7. The zero-order valence-electron chi connectivity index (χ0n) is 17.7. The molecule has 4 aromatic rings. The van der Waals surface area contributed by atoms with Crippen LogP contribution in [0.3, 0.4) is 0 Å². The van der Waals surface area contributed by atoms with Crippen LogP contribution in [0.4, 0.5) is 5.69 Å². The van der Waals surface area contributed by atoms with Gasteiger partial charge in [0.1, 0.15) is 5.82 Å². The van der Waals surface area contributed by atoms with E-state index in [0.29, 0.717) is 22.3 Å². The Morgan fingerprint density at radius 2 is 1.90 bits per heavy atom. The molecule has 31 heavy (non-hydrogen) atoms. The third-order valence-corrected chi connectivity index (χ3v) is 6.81. The zero-order chi connectivity index (χ0) is 21.5. The minimum Gasteiger partial charge on any atom is -0.493 e.